The van der Waals surface area contributed by atoms with E-state index in [2.05, 4.69) is 42.2 Å². The average Bonchev–Trinajstić information content (AvgIpc) is 2.88. The number of benzene rings is 5. The Balaban J connectivity index is 1.61. The standard InChI is InChI=1S/C30H18O2/c1-3-11-21(12-4-1)19-20-27-28(22-13-5-2-6-14-22)32-30-26-18-10-8-16-24(26)23-15-7-9-17-25(23)29(30)31-27/h1-18H. The van der Waals surface area contributed by atoms with Crippen molar-refractivity contribution in [2.75, 3.05) is 0 Å². The van der Waals surface area contributed by atoms with Crippen LogP contribution in [-0.4, -0.2) is 0 Å². The number of ether oxygens (including phenoxy) is 2. The monoisotopic (exact) mass is 410 g/mol. The van der Waals surface area contributed by atoms with Crippen molar-refractivity contribution < 1.29 is 9.47 Å². The van der Waals surface area contributed by atoms with E-state index in [-0.39, 0.29) is 0 Å². The molecule has 150 valence electrons. The molecule has 2 heteroatoms. The Morgan fingerprint density at radius 3 is 1.56 bits per heavy atom. The summed E-state index contributed by atoms with van der Waals surface area (Å²) in [7, 11) is 0. The van der Waals surface area contributed by atoms with Crippen LogP contribution in [0, 0.1) is 11.8 Å². The topological polar surface area (TPSA) is 18.5 Å². The van der Waals surface area contributed by atoms with Gasteiger partial charge in [0.25, 0.3) is 0 Å². The minimum Gasteiger partial charge on any atom is -0.447 e. The number of hydrogen-bond acceptors (Lipinski definition) is 2. The molecule has 0 unspecified atom stereocenters. The van der Waals surface area contributed by atoms with Crippen LogP contribution < -0.4 is 9.47 Å². The lowest BCUT2D eigenvalue weighted by atomic mass is 9.99. The Labute approximate surface area is 186 Å². The first-order valence-corrected chi connectivity index (χ1v) is 10.5. The molecule has 0 fully saturated rings. The highest BCUT2D eigenvalue weighted by Crippen LogP contribution is 2.48. The van der Waals surface area contributed by atoms with E-state index < -0.39 is 0 Å². The molecule has 5 aromatic carbocycles. The van der Waals surface area contributed by atoms with Gasteiger partial charge in [-0.3, -0.25) is 0 Å². The molecular formula is C30H18O2. The van der Waals surface area contributed by atoms with Gasteiger partial charge in [0.05, 0.1) is 0 Å². The van der Waals surface area contributed by atoms with E-state index in [0.29, 0.717) is 17.3 Å². The van der Waals surface area contributed by atoms with Gasteiger partial charge in [-0.15, -0.1) is 0 Å². The summed E-state index contributed by atoms with van der Waals surface area (Å²) >= 11 is 0. The van der Waals surface area contributed by atoms with Gasteiger partial charge < -0.3 is 9.47 Å². The van der Waals surface area contributed by atoms with Crippen LogP contribution in [0.4, 0.5) is 0 Å². The minimum atomic E-state index is 0.507. The molecule has 1 aliphatic rings. The van der Waals surface area contributed by atoms with Crippen LogP contribution in [0.1, 0.15) is 11.1 Å². The average molecular weight is 410 g/mol. The summed E-state index contributed by atoms with van der Waals surface area (Å²) in [6, 6.07) is 36.4. The molecule has 6 rings (SSSR count). The van der Waals surface area contributed by atoms with Crippen LogP contribution in [0.5, 0.6) is 11.5 Å². The van der Waals surface area contributed by atoms with E-state index in [4.69, 9.17) is 9.47 Å². The molecule has 0 spiro atoms. The molecule has 2 nitrogen and oxygen atoms in total. The number of rotatable bonds is 1. The van der Waals surface area contributed by atoms with Crippen molar-refractivity contribution in [3.8, 4) is 23.3 Å². The van der Waals surface area contributed by atoms with Gasteiger partial charge in [0, 0.05) is 21.9 Å². The summed E-state index contributed by atoms with van der Waals surface area (Å²) in [5.74, 6) is 9.00. The van der Waals surface area contributed by atoms with E-state index in [1.165, 1.54) is 0 Å². The van der Waals surface area contributed by atoms with Crippen LogP contribution >= 0.6 is 0 Å². The van der Waals surface area contributed by atoms with E-state index in [1.54, 1.807) is 0 Å². The number of hydrogen-bond donors (Lipinski definition) is 0. The van der Waals surface area contributed by atoms with Crippen LogP contribution in [0.2, 0.25) is 0 Å². The third kappa shape index (κ3) is 3.09. The Morgan fingerprint density at radius 1 is 0.438 bits per heavy atom. The Bertz CT molecular complexity index is 1550. The van der Waals surface area contributed by atoms with Crippen molar-refractivity contribution in [2.24, 2.45) is 0 Å². The summed E-state index contributed by atoms with van der Waals surface area (Å²) in [4.78, 5) is 0. The van der Waals surface area contributed by atoms with Crippen LogP contribution in [0.25, 0.3) is 27.3 Å². The van der Waals surface area contributed by atoms with E-state index in [9.17, 15) is 0 Å². The highest BCUT2D eigenvalue weighted by molar-refractivity contribution is 6.14. The molecule has 0 radical (unpaired) electrons. The van der Waals surface area contributed by atoms with Gasteiger partial charge in [0.15, 0.2) is 17.3 Å². The second-order valence-electron chi connectivity index (χ2n) is 7.59. The summed E-state index contributed by atoms with van der Waals surface area (Å²) in [6.45, 7) is 0. The predicted octanol–water partition coefficient (Wildman–Crippen LogP) is 7.18. The van der Waals surface area contributed by atoms with Gasteiger partial charge in [-0.2, -0.15) is 0 Å². The van der Waals surface area contributed by atoms with Crippen molar-refractivity contribution in [1.29, 1.82) is 0 Å². The Morgan fingerprint density at radius 2 is 0.938 bits per heavy atom. The lowest BCUT2D eigenvalue weighted by molar-refractivity contribution is 0.369. The van der Waals surface area contributed by atoms with Crippen molar-refractivity contribution in [1.82, 2.24) is 0 Å². The molecule has 0 aromatic heterocycles. The maximum absolute atomic E-state index is 6.59. The first-order valence-electron chi connectivity index (χ1n) is 10.5. The molecule has 0 N–H and O–H groups in total. The van der Waals surface area contributed by atoms with Gasteiger partial charge >= 0.3 is 0 Å². The van der Waals surface area contributed by atoms with Crippen LogP contribution in [-0.2, 0) is 0 Å². The number of allylic oxidation sites excluding steroid dienone is 1. The second kappa shape index (κ2) is 7.65. The molecule has 5 aromatic rings. The van der Waals surface area contributed by atoms with Gasteiger partial charge in [-0.1, -0.05) is 103 Å². The van der Waals surface area contributed by atoms with Crippen LogP contribution in [0.15, 0.2) is 115 Å². The van der Waals surface area contributed by atoms with Crippen molar-refractivity contribution >= 4 is 27.3 Å². The summed E-state index contributed by atoms with van der Waals surface area (Å²) in [5, 5.41) is 4.29. The predicted molar refractivity (Wildman–Crippen MR) is 129 cm³/mol. The molecule has 0 bridgehead atoms. The third-order valence-electron chi connectivity index (χ3n) is 5.58. The first kappa shape index (κ1) is 18.3. The van der Waals surface area contributed by atoms with Gasteiger partial charge in [0.2, 0.25) is 5.76 Å². The molecule has 0 amide bonds. The fourth-order valence-electron chi connectivity index (χ4n) is 4.09. The lowest BCUT2D eigenvalue weighted by Gasteiger charge is -2.24. The molecule has 0 saturated heterocycles. The molecule has 0 saturated carbocycles. The highest BCUT2D eigenvalue weighted by Gasteiger charge is 2.26. The largest absolute Gasteiger partial charge is 0.447 e. The normalized spacial score (nSPS) is 12.5. The summed E-state index contributed by atoms with van der Waals surface area (Å²) in [5.41, 5.74) is 1.85. The molecule has 1 heterocycles. The zero-order valence-corrected chi connectivity index (χ0v) is 17.2. The fraction of sp³-hybridized carbons (Fsp3) is 0. The van der Waals surface area contributed by atoms with Gasteiger partial charge in [-0.25, -0.2) is 0 Å². The summed E-state index contributed by atoms with van der Waals surface area (Å²) < 4.78 is 13.1. The second-order valence-corrected chi connectivity index (χ2v) is 7.59. The summed E-state index contributed by atoms with van der Waals surface area (Å²) in [6.07, 6.45) is 0. The third-order valence-corrected chi connectivity index (χ3v) is 5.58. The quantitative estimate of drug-likeness (QED) is 0.215. The lowest BCUT2D eigenvalue weighted by Crippen LogP contribution is -2.11. The zero-order chi connectivity index (χ0) is 21.3. The van der Waals surface area contributed by atoms with Crippen LogP contribution in [0.3, 0.4) is 0 Å². The highest BCUT2D eigenvalue weighted by atomic mass is 16.6. The SMILES string of the molecule is C(#Cc1ccccc1)C1=C(c2ccccc2)Oc2c(c3ccccc3c3ccccc23)O1. The molecular weight excluding hydrogens is 392 g/mol. The maximum atomic E-state index is 6.59. The smallest absolute Gasteiger partial charge is 0.221 e. The molecule has 1 aliphatic heterocycles. The minimum absolute atomic E-state index is 0.507. The van der Waals surface area contributed by atoms with Crippen molar-refractivity contribution in [3.05, 3.63) is 126 Å². The Kier molecular flexibility index (Phi) is 4.37. The molecule has 32 heavy (non-hydrogen) atoms. The van der Waals surface area contributed by atoms with E-state index in [0.717, 1.165) is 38.4 Å². The maximum Gasteiger partial charge on any atom is 0.221 e. The van der Waals surface area contributed by atoms with Crippen molar-refractivity contribution in [3.63, 3.8) is 0 Å². The van der Waals surface area contributed by atoms with Crippen molar-refractivity contribution in [2.45, 2.75) is 0 Å². The van der Waals surface area contributed by atoms with Gasteiger partial charge in [-0.05, 0) is 28.8 Å². The first-order chi connectivity index (χ1) is 15.9. The Hall–Kier alpha value is -4.48. The van der Waals surface area contributed by atoms with Gasteiger partial charge in [0.1, 0.15) is 0 Å². The molecule has 0 atom stereocenters. The fourth-order valence-corrected chi connectivity index (χ4v) is 4.09. The molecule has 0 aliphatic carbocycles. The van der Waals surface area contributed by atoms with E-state index >= 15 is 0 Å². The van der Waals surface area contributed by atoms with E-state index in [1.807, 2.05) is 78.9 Å². The zero-order valence-electron chi connectivity index (χ0n) is 17.2. The number of fused-ring (bicyclic) bond motifs is 6.